The van der Waals surface area contributed by atoms with Crippen molar-refractivity contribution in [3.8, 4) is 5.75 Å². The number of para-hydroxylation sites is 2. The van der Waals surface area contributed by atoms with Crippen LogP contribution in [-0.2, 0) is 20.9 Å². The van der Waals surface area contributed by atoms with Crippen LogP contribution in [0.25, 0.3) is 11.0 Å². The topological polar surface area (TPSA) is 85.7 Å². The summed E-state index contributed by atoms with van der Waals surface area (Å²) < 4.78 is 13.4. The average molecular weight is 463 g/mol. The smallest absolute Gasteiger partial charge is 0.242 e. The summed E-state index contributed by atoms with van der Waals surface area (Å²) in [7, 11) is 0. The molecule has 1 saturated heterocycles. The zero-order chi connectivity index (χ0) is 23.3. The van der Waals surface area contributed by atoms with Gasteiger partial charge in [-0.25, -0.2) is 4.98 Å². The second kappa shape index (κ2) is 10.4. The van der Waals surface area contributed by atoms with Gasteiger partial charge in [-0.2, -0.15) is 0 Å². The summed E-state index contributed by atoms with van der Waals surface area (Å²) in [5, 5.41) is 2.87. The number of rotatable bonds is 9. The Morgan fingerprint density at radius 1 is 1.00 bits per heavy atom. The molecule has 1 unspecified atom stereocenters. The van der Waals surface area contributed by atoms with Crippen molar-refractivity contribution in [1.82, 2.24) is 14.5 Å². The quantitative estimate of drug-likeness (QED) is 0.388. The van der Waals surface area contributed by atoms with Gasteiger partial charge in [0.15, 0.2) is 11.7 Å². The molecule has 0 saturated carbocycles. The number of hydrogen-bond acceptors (Lipinski definition) is 6. The molecule has 0 aliphatic carbocycles. The molecule has 2 aliphatic heterocycles. The third kappa shape index (κ3) is 4.98. The van der Waals surface area contributed by atoms with E-state index in [2.05, 4.69) is 15.2 Å². The Labute approximate surface area is 198 Å². The first-order valence-electron chi connectivity index (χ1n) is 12.0. The summed E-state index contributed by atoms with van der Waals surface area (Å²) in [6.45, 7) is 5.62. The molecule has 34 heavy (non-hydrogen) atoms. The number of carbonyl (C=O) groups excluding carboxylic acids is 2. The molecule has 1 fully saturated rings. The third-order valence-electron chi connectivity index (χ3n) is 6.48. The number of benzene rings is 2. The van der Waals surface area contributed by atoms with E-state index in [1.165, 1.54) is 25.9 Å². The van der Waals surface area contributed by atoms with Gasteiger partial charge in [-0.15, -0.1) is 0 Å². The Morgan fingerprint density at radius 2 is 1.79 bits per heavy atom. The minimum absolute atomic E-state index is 0.106. The van der Waals surface area contributed by atoms with Gasteiger partial charge in [-0.05, 0) is 62.3 Å². The fourth-order valence-electron chi connectivity index (χ4n) is 4.69. The molecule has 5 rings (SSSR count). The summed E-state index contributed by atoms with van der Waals surface area (Å²) in [6, 6.07) is 14.9. The molecule has 3 heterocycles. The van der Waals surface area contributed by atoms with E-state index in [1.54, 1.807) is 24.3 Å². The molecule has 178 valence electrons. The number of amides is 1. The lowest BCUT2D eigenvalue weighted by Crippen LogP contribution is -2.34. The first-order chi connectivity index (χ1) is 16.7. The lowest BCUT2D eigenvalue weighted by atomic mass is 9.96. The monoisotopic (exact) mass is 462 g/mol. The highest BCUT2D eigenvalue weighted by Gasteiger charge is 2.36. The number of aryl methyl sites for hydroxylation is 1. The number of aromatic nitrogens is 2. The van der Waals surface area contributed by atoms with E-state index < -0.39 is 5.92 Å². The van der Waals surface area contributed by atoms with E-state index in [9.17, 15) is 9.59 Å². The molecule has 1 atom stereocenters. The molecule has 2 aliphatic rings. The van der Waals surface area contributed by atoms with Crippen LogP contribution < -0.4 is 10.1 Å². The first-order valence-corrected chi connectivity index (χ1v) is 12.0. The fraction of sp³-hybridized carbons (Fsp3) is 0.423. The zero-order valence-electron chi connectivity index (χ0n) is 19.2. The standard InChI is InChI=1S/C26H30N4O4/c31-23-11-14-30-22-6-2-1-5-21(22)28-25(30)24(23)26(32)27-19-7-9-20(10-8-19)34-18-17-33-16-15-29-12-3-4-13-29/h1-2,5-10,24H,3-4,11-18H2,(H,27,32). The number of imidazole rings is 1. The second-order valence-corrected chi connectivity index (χ2v) is 8.78. The van der Waals surface area contributed by atoms with Gasteiger partial charge in [-0.1, -0.05) is 12.1 Å². The van der Waals surface area contributed by atoms with E-state index >= 15 is 0 Å². The van der Waals surface area contributed by atoms with Gasteiger partial charge in [0.25, 0.3) is 0 Å². The highest BCUT2D eigenvalue weighted by molar-refractivity contribution is 6.12. The molecule has 0 radical (unpaired) electrons. The molecule has 3 aromatic rings. The SMILES string of the molecule is O=C1CCn2c(nc3ccccc32)C1C(=O)Nc1ccc(OCCOCCN2CCCC2)cc1. The number of fused-ring (bicyclic) bond motifs is 3. The molecule has 1 amide bonds. The summed E-state index contributed by atoms with van der Waals surface area (Å²) >= 11 is 0. The number of likely N-dealkylation sites (tertiary alicyclic amines) is 1. The van der Waals surface area contributed by atoms with Crippen LogP contribution >= 0.6 is 0 Å². The summed E-state index contributed by atoms with van der Waals surface area (Å²) in [5.41, 5.74) is 2.36. The minimum Gasteiger partial charge on any atom is -0.491 e. The molecule has 8 heteroatoms. The second-order valence-electron chi connectivity index (χ2n) is 8.78. The number of nitrogens with one attached hydrogen (secondary N) is 1. The first kappa shape index (κ1) is 22.6. The van der Waals surface area contributed by atoms with E-state index in [0.717, 1.165) is 24.2 Å². The number of ether oxygens (including phenoxy) is 2. The van der Waals surface area contributed by atoms with E-state index in [1.807, 2.05) is 28.8 Å². The Balaban J connectivity index is 1.13. The van der Waals surface area contributed by atoms with Crippen LogP contribution in [0.4, 0.5) is 5.69 Å². The van der Waals surface area contributed by atoms with Gasteiger partial charge in [0, 0.05) is 25.2 Å². The third-order valence-corrected chi connectivity index (χ3v) is 6.48. The van der Waals surface area contributed by atoms with Crippen LogP contribution in [0.2, 0.25) is 0 Å². The van der Waals surface area contributed by atoms with E-state index in [-0.39, 0.29) is 11.7 Å². The number of ketones is 1. The molecule has 1 N–H and O–H groups in total. The summed E-state index contributed by atoms with van der Waals surface area (Å²) in [4.78, 5) is 32.7. The molecule has 0 spiro atoms. The van der Waals surface area contributed by atoms with Crippen molar-refractivity contribution in [3.05, 3.63) is 54.4 Å². The van der Waals surface area contributed by atoms with Crippen molar-refractivity contribution in [2.75, 3.05) is 44.8 Å². The van der Waals surface area contributed by atoms with Crippen molar-refractivity contribution in [2.45, 2.75) is 31.7 Å². The summed E-state index contributed by atoms with van der Waals surface area (Å²) in [5.74, 6) is -0.155. The highest BCUT2D eigenvalue weighted by atomic mass is 16.5. The Bertz CT molecular complexity index is 1150. The van der Waals surface area contributed by atoms with Gasteiger partial charge in [0.05, 0.1) is 24.2 Å². The van der Waals surface area contributed by atoms with Crippen LogP contribution in [0, 0.1) is 0 Å². The van der Waals surface area contributed by atoms with Crippen molar-refractivity contribution >= 4 is 28.4 Å². The van der Waals surface area contributed by atoms with Crippen LogP contribution in [0.3, 0.4) is 0 Å². The number of carbonyl (C=O) groups is 2. The molecule has 1 aromatic heterocycles. The predicted octanol–water partition coefficient (Wildman–Crippen LogP) is 3.22. The van der Waals surface area contributed by atoms with Gasteiger partial charge < -0.3 is 24.3 Å². The Hall–Kier alpha value is -3.23. The highest BCUT2D eigenvalue weighted by Crippen LogP contribution is 2.29. The number of nitrogens with zero attached hydrogens (tertiary/aromatic N) is 3. The van der Waals surface area contributed by atoms with Crippen molar-refractivity contribution < 1.29 is 19.1 Å². The molecule has 2 aromatic carbocycles. The maximum absolute atomic E-state index is 13.0. The Morgan fingerprint density at radius 3 is 2.62 bits per heavy atom. The lowest BCUT2D eigenvalue weighted by Gasteiger charge is -2.22. The number of Topliss-reactive ketones (excluding diaryl/α,β-unsaturated/α-hetero) is 1. The van der Waals surface area contributed by atoms with Crippen molar-refractivity contribution in [1.29, 1.82) is 0 Å². The van der Waals surface area contributed by atoms with Crippen molar-refractivity contribution in [2.24, 2.45) is 0 Å². The molecular formula is C26H30N4O4. The normalized spacial score (nSPS) is 18.2. The number of anilines is 1. The van der Waals surface area contributed by atoms with Crippen LogP contribution in [0.15, 0.2) is 48.5 Å². The zero-order valence-corrected chi connectivity index (χ0v) is 19.2. The predicted molar refractivity (Wildman–Crippen MR) is 129 cm³/mol. The summed E-state index contributed by atoms with van der Waals surface area (Å²) in [6.07, 6.45) is 2.90. The number of hydrogen-bond donors (Lipinski definition) is 1. The van der Waals surface area contributed by atoms with E-state index in [0.29, 0.717) is 43.4 Å². The van der Waals surface area contributed by atoms with Crippen LogP contribution in [0.1, 0.15) is 31.0 Å². The fourth-order valence-corrected chi connectivity index (χ4v) is 4.69. The molecule has 8 nitrogen and oxygen atoms in total. The van der Waals surface area contributed by atoms with Crippen molar-refractivity contribution in [3.63, 3.8) is 0 Å². The average Bonchev–Trinajstić information content (AvgIpc) is 3.49. The molecular weight excluding hydrogens is 432 g/mol. The van der Waals surface area contributed by atoms with Crippen LogP contribution in [0.5, 0.6) is 5.75 Å². The maximum Gasteiger partial charge on any atom is 0.242 e. The maximum atomic E-state index is 13.0. The van der Waals surface area contributed by atoms with Gasteiger partial charge in [0.1, 0.15) is 18.2 Å². The van der Waals surface area contributed by atoms with Crippen LogP contribution in [-0.4, -0.2) is 65.6 Å². The lowest BCUT2D eigenvalue weighted by molar-refractivity contribution is -0.128. The van der Waals surface area contributed by atoms with Gasteiger partial charge in [0.2, 0.25) is 5.91 Å². The minimum atomic E-state index is -0.908. The Kier molecular flexibility index (Phi) is 6.87. The van der Waals surface area contributed by atoms with E-state index in [4.69, 9.17) is 9.47 Å². The van der Waals surface area contributed by atoms with Gasteiger partial charge in [-0.3, -0.25) is 9.59 Å². The van der Waals surface area contributed by atoms with Gasteiger partial charge >= 0.3 is 0 Å². The largest absolute Gasteiger partial charge is 0.491 e. The molecule has 0 bridgehead atoms.